The van der Waals surface area contributed by atoms with Crippen molar-refractivity contribution in [3.63, 3.8) is 0 Å². The third-order valence-corrected chi connectivity index (χ3v) is 3.26. The first kappa shape index (κ1) is 14.7. The first-order valence-corrected chi connectivity index (χ1v) is 6.90. The van der Waals surface area contributed by atoms with Gasteiger partial charge in [0, 0.05) is 19.5 Å². The van der Waals surface area contributed by atoms with Crippen molar-refractivity contribution in [2.45, 2.75) is 32.3 Å². The number of benzene rings is 1. The van der Waals surface area contributed by atoms with Crippen LogP contribution in [-0.2, 0) is 6.42 Å². The number of rotatable bonds is 7. The van der Waals surface area contributed by atoms with E-state index >= 15 is 0 Å². The zero-order valence-corrected chi connectivity index (χ0v) is 11.9. The molecule has 0 amide bonds. The zero-order valence-electron chi connectivity index (χ0n) is 11.9. The van der Waals surface area contributed by atoms with E-state index in [9.17, 15) is 5.11 Å². The lowest BCUT2D eigenvalue weighted by Crippen LogP contribution is -2.24. The fourth-order valence-electron chi connectivity index (χ4n) is 1.96. The highest BCUT2D eigenvalue weighted by atomic mass is 16.5. The summed E-state index contributed by atoms with van der Waals surface area (Å²) in [5.74, 6) is 1.18. The van der Waals surface area contributed by atoms with E-state index in [-0.39, 0.29) is 0 Å². The van der Waals surface area contributed by atoms with E-state index < -0.39 is 6.10 Å². The highest BCUT2D eigenvalue weighted by Crippen LogP contribution is 2.18. The van der Waals surface area contributed by atoms with Crippen LogP contribution in [0.4, 0.5) is 0 Å². The quantitative estimate of drug-likeness (QED) is 0.757. The monoisotopic (exact) mass is 275 g/mol. The maximum absolute atomic E-state index is 10.1. The van der Waals surface area contributed by atoms with Gasteiger partial charge in [-0.05, 0) is 17.0 Å². The number of nitrogens with one attached hydrogen (secondary N) is 1. The van der Waals surface area contributed by atoms with E-state index in [0.717, 1.165) is 5.56 Å². The molecule has 2 N–H and O–H groups in total. The Morgan fingerprint density at radius 3 is 2.50 bits per heavy atom. The van der Waals surface area contributed by atoms with E-state index in [1.165, 1.54) is 12.0 Å². The first-order valence-electron chi connectivity index (χ1n) is 6.90. The van der Waals surface area contributed by atoms with Crippen molar-refractivity contribution in [2.75, 3.05) is 13.1 Å². The summed E-state index contributed by atoms with van der Waals surface area (Å²) in [6.07, 6.45) is 1.51. The molecule has 0 spiro atoms. The molecule has 0 radical (unpaired) electrons. The Balaban J connectivity index is 1.75. The van der Waals surface area contributed by atoms with Gasteiger partial charge in [-0.25, -0.2) is 0 Å². The SMILES string of the molecule is CC(C)c1ccc(C(O)CNCCc2ncon2)cc1. The van der Waals surface area contributed by atoms with Crippen molar-refractivity contribution in [1.82, 2.24) is 15.5 Å². The largest absolute Gasteiger partial charge is 0.387 e. The minimum Gasteiger partial charge on any atom is -0.387 e. The molecular formula is C15H21N3O2. The molecule has 108 valence electrons. The Morgan fingerprint density at radius 1 is 1.20 bits per heavy atom. The summed E-state index contributed by atoms with van der Waals surface area (Å²) in [5, 5.41) is 17.0. The van der Waals surface area contributed by atoms with Gasteiger partial charge in [0.15, 0.2) is 5.82 Å². The van der Waals surface area contributed by atoms with Crippen molar-refractivity contribution in [3.05, 3.63) is 47.6 Å². The van der Waals surface area contributed by atoms with Crippen LogP contribution in [0.25, 0.3) is 0 Å². The predicted molar refractivity (Wildman–Crippen MR) is 76.4 cm³/mol. The minimum atomic E-state index is -0.499. The standard InChI is InChI=1S/C15H21N3O2/c1-11(2)12-3-5-13(6-4-12)14(19)9-16-8-7-15-17-10-20-18-15/h3-6,10-11,14,16,19H,7-9H2,1-2H3. The van der Waals surface area contributed by atoms with Gasteiger partial charge < -0.3 is 14.9 Å². The summed E-state index contributed by atoms with van der Waals surface area (Å²) in [4.78, 5) is 3.94. The molecule has 0 fully saturated rings. The van der Waals surface area contributed by atoms with Gasteiger partial charge in [-0.2, -0.15) is 4.98 Å². The maximum Gasteiger partial charge on any atom is 0.213 e. The van der Waals surface area contributed by atoms with Crippen LogP contribution in [0.15, 0.2) is 35.2 Å². The normalized spacial score (nSPS) is 12.8. The third kappa shape index (κ3) is 4.15. The van der Waals surface area contributed by atoms with Gasteiger partial charge in [-0.15, -0.1) is 0 Å². The van der Waals surface area contributed by atoms with Gasteiger partial charge in [-0.1, -0.05) is 43.3 Å². The number of aliphatic hydroxyl groups excluding tert-OH is 1. The van der Waals surface area contributed by atoms with Gasteiger partial charge in [-0.3, -0.25) is 0 Å². The average molecular weight is 275 g/mol. The number of nitrogens with zero attached hydrogens (tertiary/aromatic N) is 2. The molecule has 0 aliphatic rings. The number of aromatic nitrogens is 2. The maximum atomic E-state index is 10.1. The molecule has 2 aromatic rings. The average Bonchev–Trinajstić information content (AvgIpc) is 2.96. The molecule has 1 aromatic heterocycles. The summed E-state index contributed by atoms with van der Waals surface area (Å²) in [5.41, 5.74) is 2.22. The number of hydrogen-bond acceptors (Lipinski definition) is 5. The Hall–Kier alpha value is -1.72. The highest BCUT2D eigenvalue weighted by Gasteiger charge is 2.08. The topological polar surface area (TPSA) is 71.2 Å². The molecule has 0 saturated carbocycles. The lowest BCUT2D eigenvalue weighted by atomic mass is 10.00. The smallest absolute Gasteiger partial charge is 0.213 e. The van der Waals surface area contributed by atoms with Crippen LogP contribution < -0.4 is 5.32 Å². The molecule has 1 atom stereocenters. The summed E-state index contributed by atoms with van der Waals surface area (Å²) in [7, 11) is 0. The second-order valence-electron chi connectivity index (χ2n) is 5.14. The van der Waals surface area contributed by atoms with Crippen molar-refractivity contribution in [1.29, 1.82) is 0 Å². The van der Waals surface area contributed by atoms with Gasteiger partial charge in [0.2, 0.25) is 6.39 Å². The molecular weight excluding hydrogens is 254 g/mol. The Labute approximate surface area is 119 Å². The predicted octanol–water partition coefficient (Wildman–Crippen LogP) is 2.06. The molecule has 0 aliphatic heterocycles. The minimum absolute atomic E-state index is 0.499. The molecule has 2 rings (SSSR count). The van der Waals surface area contributed by atoms with Gasteiger partial charge in [0.05, 0.1) is 6.10 Å². The summed E-state index contributed by atoms with van der Waals surface area (Å²) in [6.45, 7) is 5.54. The second-order valence-corrected chi connectivity index (χ2v) is 5.14. The van der Waals surface area contributed by atoms with Crippen LogP contribution >= 0.6 is 0 Å². The van der Waals surface area contributed by atoms with Crippen molar-refractivity contribution >= 4 is 0 Å². The summed E-state index contributed by atoms with van der Waals surface area (Å²) in [6, 6.07) is 8.12. The molecule has 0 aliphatic carbocycles. The van der Waals surface area contributed by atoms with E-state index in [1.807, 2.05) is 12.1 Å². The van der Waals surface area contributed by atoms with Gasteiger partial charge >= 0.3 is 0 Å². The van der Waals surface area contributed by atoms with Gasteiger partial charge in [0.1, 0.15) is 0 Å². The summed E-state index contributed by atoms with van der Waals surface area (Å²) < 4.78 is 4.65. The van der Waals surface area contributed by atoms with Crippen LogP contribution in [0, 0.1) is 0 Å². The molecule has 20 heavy (non-hydrogen) atoms. The zero-order chi connectivity index (χ0) is 14.4. The molecule has 0 saturated heterocycles. The summed E-state index contributed by atoms with van der Waals surface area (Å²) >= 11 is 0. The van der Waals surface area contributed by atoms with E-state index in [4.69, 9.17) is 0 Å². The molecule has 5 nitrogen and oxygen atoms in total. The van der Waals surface area contributed by atoms with Crippen LogP contribution in [-0.4, -0.2) is 28.3 Å². The molecule has 1 aromatic carbocycles. The molecule has 1 unspecified atom stereocenters. The van der Waals surface area contributed by atoms with Gasteiger partial charge in [0.25, 0.3) is 0 Å². The fourth-order valence-corrected chi connectivity index (χ4v) is 1.96. The Kier molecular flexibility index (Phi) is 5.26. The number of aliphatic hydroxyl groups is 1. The second kappa shape index (κ2) is 7.17. The van der Waals surface area contributed by atoms with Crippen molar-refractivity contribution in [2.24, 2.45) is 0 Å². The van der Waals surface area contributed by atoms with Crippen LogP contribution in [0.2, 0.25) is 0 Å². The molecule has 1 heterocycles. The third-order valence-electron chi connectivity index (χ3n) is 3.26. The van der Waals surface area contributed by atoms with Crippen LogP contribution in [0.1, 0.15) is 42.8 Å². The van der Waals surface area contributed by atoms with E-state index in [2.05, 4.69) is 46.0 Å². The van der Waals surface area contributed by atoms with Crippen molar-refractivity contribution in [3.8, 4) is 0 Å². The van der Waals surface area contributed by atoms with Crippen LogP contribution in [0.5, 0.6) is 0 Å². The lowest BCUT2D eigenvalue weighted by molar-refractivity contribution is 0.175. The van der Waals surface area contributed by atoms with E-state index in [1.54, 1.807) is 0 Å². The Bertz CT molecular complexity index is 494. The van der Waals surface area contributed by atoms with Crippen LogP contribution in [0.3, 0.4) is 0 Å². The molecule has 0 bridgehead atoms. The highest BCUT2D eigenvalue weighted by molar-refractivity contribution is 5.26. The lowest BCUT2D eigenvalue weighted by Gasteiger charge is -2.13. The fraction of sp³-hybridized carbons (Fsp3) is 0.467. The molecule has 5 heteroatoms. The van der Waals surface area contributed by atoms with E-state index in [0.29, 0.717) is 31.3 Å². The number of hydrogen-bond donors (Lipinski definition) is 2. The van der Waals surface area contributed by atoms with Crippen molar-refractivity contribution < 1.29 is 9.63 Å². The first-order chi connectivity index (χ1) is 9.66. The Morgan fingerprint density at radius 2 is 1.90 bits per heavy atom.